The molecular weight excluding hydrogens is 328 g/mol. The van der Waals surface area contributed by atoms with Gasteiger partial charge in [0.1, 0.15) is 4.90 Å². The van der Waals surface area contributed by atoms with E-state index in [2.05, 4.69) is 14.8 Å². The summed E-state index contributed by atoms with van der Waals surface area (Å²) in [5.74, 6) is -0.564. The van der Waals surface area contributed by atoms with Crippen LogP contribution >= 0.6 is 11.6 Å². The van der Waals surface area contributed by atoms with Crippen LogP contribution in [0.5, 0.6) is 0 Å². The van der Waals surface area contributed by atoms with Gasteiger partial charge in [0.2, 0.25) is 10.0 Å². The molecule has 0 bridgehead atoms. The van der Waals surface area contributed by atoms with Crippen LogP contribution in [-0.2, 0) is 14.8 Å². The minimum Gasteiger partial charge on any atom is -0.465 e. The third kappa shape index (κ3) is 3.98. The van der Waals surface area contributed by atoms with Crippen LogP contribution < -0.4 is 10.0 Å². The SMILES string of the molecule is COC(=O)c1ccc(S(=O)(=O)NC2CCNC(C)C2)c(Cl)c1. The molecule has 1 fully saturated rings. The standard InChI is InChI=1S/C14H19ClN2O4S/c1-9-7-11(5-6-16-9)17-22(19,20)13-4-3-10(8-12(13)15)14(18)21-2/h3-4,8-9,11,16-17H,5-7H2,1-2H3. The van der Waals surface area contributed by atoms with Crippen LogP contribution in [0.1, 0.15) is 30.1 Å². The van der Waals surface area contributed by atoms with E-state index >= 15 is 0 Å². The van der Waals surface area contributed by atoms with Crippen molar-refractivity contribution in [2.75, 3.05) is 13.7 Å². The lowest BCUT2D eigenvalue weighted by molar-refractivity contribution is 0.0600. The van der Waals surface area contributed by atoms with Crippen molar-refractivity contribution < 1.29 is 17.9 Å². The normalized spacial score (nSPS) is 22.3. The molecular formula is C14H19ClN2O4S. The maximum atomic E-state index is 12.4. The second-order valence-electron chi connectivity index (χ2n) is 5.33. The number of nitrogens with one attached hydrogen (secondary N) is 2. The van der Waals surface area contributed by atoms with Crippen molar-refractivity contribution in [1.82, 2.24) is 10.0 Å². The molecule has 6 nitrogen and oxygen atoms in total. The van der Waals surface area contributed by atoms with Gasteiger partial charge in [-0.1, -0.05) is 11.6 Å². The van der Waals surface area contributed by atoms with Gasteiger partial charge in [-0.05, 0) is 44.5 Å². The van der Waals surface area contributed by atoms with Crippen LogP contribution in [0, 0.1) is 0 Å². The Morgan fingerprint density at radius 3 is 2.77 bits per heavy atom. The second-order valence-corrected chi connectivity index (χ2v) is 7.42. The molecule has 0 radical (unpaired) electrons. The van der Waals surface area contributed by atoms with Gasteiger partial charge in [0.15, 0.2) is 0 Å². The number of hydrogen-bond acceptors (Lipinski definition) is 5. The fraction of sp³-hybridized carbons (Fsp3) is 0.500. The highest BCUT2D eigenvalue weighted by Crippen LogP contribution is 2.24. The van der Waals surface area contributed by atoms with Crippen molar-refractivity contribution in [3.8, 4) is 0 Å². The molecule has 1 aliphatic rings. The number of methoxy groups -OCH3 is 1. The molecule has 2 rings (SSSR count). The van der Waals surface area contributed by atoms with Gasteiger partial charge in [0.05, 0.1) is 17.7 Å². The molecule has 1 aromatic carbocycles. The van der Waals surface area contributed by atoms with Gasteiger partial charge < -0.3 is 10.1 Å². The van der Waals surface area contributed by atoms with Gasteiger partial charge in [-0.15, -0.1) is 0 Å². The topological polar surface area (TPSA) is 84.5 Å². The first kappa shape index (κ1) is 17.2. The van der Waals surface area contributed by atoms with Gasteiger partial charge in [0, 0.05) is 12.1 Å². The van der Waals surface area contributed by atoms with E-state index in [1.165, 1.54) is 25.3 Å². The first-order chi connectivity index (χ1) is 10.3. The predicted octanol–water partition coefficient (Wildman–Crippen LogP) is 1.55. The molecule has 0 amide bonds. The lowest BCUT2D eigenvalue weighted by atomic mass is 10.0. The predicted molar refractivity (Wildman–Crippen MR) is 83.6 cm³/mol. The zero-order valence-corrected chi connectivity index (χ0v) is 14.0. The highest BCUT2D eigenvalue weighted by Gasteiger charge is 2.26. The van der Waals surface area contributed by atoms with Crippen LogP contribution in [0.25, 0.3) is 0 Å². The van der Waals surface area contributed by atoms with Crippen LogP contribution in [0.4, 0.5) is 0 Å². The molecule has 122 valence electrons. The molecule has 1 aliphatic heterocycles. The van der Waals surface area contributed by atoms with Crippen molar-refractivity contribution in [3.05, 3.63) is 28.8 Å². The molecule has 8 heteroatoms. The minimum atomic E-state index is -3.73. The van der Waals surface area contributed by atoms with Gasteiger partial charge in [-0.25, -0.2) is 17.9 Å². The average molecular weight is 347 g/mol. The summed E-state index contributed by atoms with van der Waals surface area (Å²) in [5, 5.41) is 3.26. The number of benzene rings is 1. The summed E-state index contributed by atoms with van der Waals surface area (Å²) in [5.41, 5.74) is 0.210. The summed E-state index contributed by atoms with van der Waals surface area (Å²) in [4.78, 5) is 11.4. The fourth-order valence-electron chi connectivity index (χ4n) is 2.49. The highest BCUT2D eigenvalue weighted by atomic mass is 35.5. The van der Waals surface area contributed by atoms with E-state index in [0.29, 0.717) is 0 Å². The van der Waals surface area contributed by atoms with Gasteiger partial charge in [-0.3, -0.25) is 0 Å². The monoisotopic (exact) mass is 346 g/mol. The zero-order chi connectivity index (χ0) is 16.3. The van der Waals surface area contributed by atoms with E-state index < -0.39 is 16.0 Å². The number of piperidine rings is 1. The van der Waals surface area contributed by atoms with Crippen LogP contribution in [0.15, 0.2) is 23.1 Å². The first-order valence-corrected chi connectivity index (χ1v) is 8.83. The maximum absolute atomic E-state index is 12.4. The lowest BCUT2D eigenvalue weighted by Crippen LogP contribution is -2.46. The molecule has 0 saturated carbocycles. The lowest BCUT2D eigenvalue weighted by Gasteiger charge is -2.28. The first-order valence-electron chi connectivity index (χ1n) is 6.97. The Kier molecular flexibility index (Phi) is 5.44. The third-order valence-electron chi connectivity index (χ3n) is 3.59. The molecule has 0 aromatic heterocycles. The minimum absolute atomic E-state index is 0.00242. The molecule has 1 aromatic rings. The van der Waals surface area contributed by atoms with Crippen molar-refractivity contribution >= 4 is 27.6 Å². The summed E-state index contributed by atoms with van der Waals surface area (Å²) in [6, 6.07) is 4.14. The van der Waals surface area contributed by atoms with Crippen molar-refractivity contribution in [3.63, 3.8) is 0 Å². The molecule has 1 saturated heterocycles. The van der Waals surface area contributed by atoms with Crippen LogP contribution in [0.2, 0.25) is 5.02 Å². The molecule has 2 unspecified atom stereocenters. The number of rotatable bonds is 4. The fourth-order valence-corrected chi connectivity index (χ4v) is 4.31. The highest BCUT2D eigenvalue weighted by molar-refractivity contribution is 7.89. The van der Waals surface area contributed by atoms with E-state index in [1.54, 1.807) is 0 Å². The number of hydrogen-bond donors (Lipinski definition) is 2. The smallest absolute Gasteiger partial charge is 0.337 e. The van der Waals surface area contributed by atoms with Gasteiger partial charge in [-0.2, -0.15) is 0 Å². The Bertz CT molecular complexity index is 663. The summed E-state index contributed by atoms with van der Waals surface area (Å²) in [6.07, 6.45) is 1.44. The van der Waals surface area contributed by atoms with E-state index in [9.17, 15) is 13.2 Å². The maximum Gasteiger partial charge on any atom is 0.337 e. The Morgan fingerprint density at radius 1 is 1.45 bits per heavy atom. The van der Waals surface area contributed by atoms with Crippen LogP contribution in [-0.4, -0.2) is 40.1 Å². The zero-order valence-electron chi connectivity index (χ0n) is 12.4. The van der Waals surface area contributed by atoms with E-state index in [-0.39, 0.29) is 27.6 Å². The Hall–Kier alpha value is -1.15. The molecule has 1 heterocycles. The summed E-state index contributed by atoms with van der Waals surface area (Å²) < 4.78 is 32.2. The van der Waals surface area contributed by atoms with Crippen LogP contribution in [0.3, 0.4) is 0 Å². The van der Waals surface area contributed by atoms with Crippen molar-refractivity contribution in [1.29, 1.82) is 0 Å². The molecule has 0 aliphatic carbocycles. The molecule has 0 spiro atoms. The van der Waals surface area contributed by atoms with E-state index in [1.807, 2.05) is 6.92 Å². The summed E-state index contributed by atoms with van der Waals surface area (Å²) >= 11 is 6.02. The summed E-state index contributed by atoms with van der Waals surface area (Å²) in [6.45, 7) is 2.78. The van der Waals surface area contributed by atoms with E-state index in [0.717, 1.165) is 19.4 Å². The molecule has 2 atom stereocenters. The average Bonchev–Trinajstić information content (AvgIpc) is 2.45. The number of halogens is 1. The number of sulfonamides is 1. The number of esters is 1. The van der Waals surface area contributed by atoms with E-state index in [4.69, 9.17) is 11.6 Å². The van der Waals surface area contributed by atoms with Gasteiger partial charge in [0.25, 0.3) is 0 Å². The van der Waals surface area contributed by atoms with Crippen molar-refractivity contribution in [2.45, 2.75) is 36.7 Å². The quantitative estimate of drug-likeness (QED) is 0.808. The molecule has 22 heavy (non-hydrogen) atoms. The van der Waals surface area contributed by atoms with Gasteiger partial charge >= 0.3 is 5.97 Å². The number of carbonyl (C=O) groups excluding carboxylic acids is 1. The Morgan fingerprint density at radius 2 is 2.18 bits per heavy atom. The second kappa shape index (κ2) is 6.95. The van der Waals surface area contributed by atoms with Crippen molar-refractivity contribution in [2.24, 2.45) is 0 Å². The largest absolute Gasteiger partial charge is 0.465 e. The Balaban J connectivity index is 2.20. The third-order valence-corrected chi connectivity index (χ3v) is 5.59. The summed E-state index contributed by atoms with van der Waals surface area (Å²) in [7, 11) is -2.47. The number of ether oxygens (including phenoxy) is 1. The number of carbonyl (C=O) groups is 1. The molecule has 2 N–H and O–H groups in total. The Labute approximate surface area is 135 Å².